The minimum Gasteiger partial charge on any atom is -0.345 e. The van der Waals surface area contributed by atoms with Gasteiger partial charge in [0.25, 0.3) is 17.6 Å². The molecule has 0 radical (unpaired) electrons. The number of fused-ring (bicyclic) bond motifs is 1. The molecule has 5 aromatic rings. The predicted molar refractivity (Wildman–Crippen MR) is 154 cm³/mol. The van der Waals surface area contributed by atoms with Crippen LogP contribution in [-0.2, 0) is 17.8 Å². The number of nitrogens with two attached hydrogens (primary N) is 1. The summed E-state index contributed by atoms with van der Waals surface area (Å²) in [6.07, 6.45) is 0.424. The number of nitrogens with zero attached hydrogens (tertiary/aromatic N) is 3. The molecule has 0 fully saturated rings. The van der Waals surface area contributed by atoms with Crippen LogP contribution in [0.15, 0.2) is 102 Å². The Morgan fingerprint density at radius 1 is 0.900 bits per heavy atom. The zero-order chi connectivity index (χ0) is 28.1. The van der Waals surface area contributed by atoms with Gasteiger partial charge in [-0.05, 0) is 46.9 Å². The molecule has 2 amide bonds. The van der Waals surface area contributed by atoms with E-state index < -0.39 is 11.9 Å². The molecule has 0 aliphatic heterocycles. The molecule has 3 N–H and O–H groups in total. The molecular weight excluding hydrogens is 502 g/mol. The Balaban J connectivity index is 1.28. The third kappa shape index (κ3) is 5.92. The van der Waals surface area contributed by atoms with Gasteiger partial charge in [-0.15, -0.1) is 0 Å². The Kier molecular flexibility index (Phi) is 7.98. The predicted octanol–water partition coefficient (Wildman–Crippen LogP) is 4.91. The maximum atomic E-state index is 13.4. The van der Waals surface area contributed by atoms with E-state index in [0.29, 0.717) is 18.5 Å². The lowest BCUT2D eigenvalue weighted by atomic mass is 9.98. The van der Waals surface area contributed by atoms with Gasteiger partial charge in [-0.3, -0.25) is 9.59 Å². The number of hydrogen-bond donors (Lipinski definition) is 2. The number of benzene rings is 4. The van der Waals surface area contributed by atoms with Crippen molar-refractivity contribution in [3.05, 3.63) is 120 Å². The quantitative estimate of drug-likeness (QED) is 0.278. The summed E-state index contributed by atoms with van der Waals surface area (Å²) in [5, 5.41) is 8.94. The molecule has 2 unspecified atom stereocenters. The van der Waals surface area contributed by atoms with Crippen LogP contribution in [0.3, 0.4) is 0 Å². The number of aromatic nitrogens is 2. The SMILES string of the molecule is CC(c1ccccc1-c1nc(C(=O)NCc2ccccc2)no1)N(C)C(=O)C(N)Cc1ccc2ccccc2c1. The number of hydrogen-bond acceptors (Lipinski definition) is 6. The van der Waals surface area contributed by atoms with Gasteiger partial charge in [0, 0.05) is 19.2 Å². The van der Waals surface area contributed by atoms with Crippen molar-refractivity contribution in [3.63, 3.8) is 0 Å². The standard InChI is InChI=1S/C32H31N5O3/c1-21(37(2)32(39)28(33)19-23-16-17-24-12-6-7-13-25(24)18-23)26-14-8-9-15-27(26)31-35-29(36-40-31)30(38)34-20-22-10-4-3-5-11-22/h3-18,21,28H,19-20,33H2,1-2H3,(H,34,38). The van der Waals surface area contributed by atoms with E-state index in [0.717, 1.165) is 27.5 Å². The van der Waals surface area contributed by atoms with Crippen molar-refractivity contribution in [2.24, 2.45) is 5.73 Å². The van der Waals surface area contributed by atoms with Crippen molar-refractivity contribution in [2.75, 3.05) is 7.05 Å². The van der Waals surface area contributed by atoms with E-state index in [9.17, 15) is 9.59 Å². The minimum absolute atomic E-state index is 0.0600. The second-order valence-electron chi connectivity index (χ2n) is 9.80. The van der Waals surface area contributed by atoms with Crippen molar-refractivity contribution in [2.45, 2.75) is 32.0 Å². The molecular formula is C32H31N5O3. The van der Waals surface area contributed by atoms with E-state index in [2.05, 4.69) is 27.6 Å². The van der Waals surface area contributed by atoms with Gasteiger partial charge in [0.05, 0.1) is 12.1 Å². The smallest absolute Gasteiger partial charge is 0.292 e. The van der Waals surface area contributed by atoms with Crippen LogP contribution in [-0.4, -0.2) is 39.9 Å². The van der Waals surface area contributed by atoms with Gasteiger partial charge >= 0.3 is 0 Å². The molecule has 0 spiro atoms. The zero-order valence-electron chi connectivity index (χ0n) is 22.5. The summed E-state index contributed by atoms with van der Waals surface area (Å²) in [5.41, 5.74) is 9.81. The van der Waals surface area contributed by atoms with Crippen LogP contribution in [0, 0.1) is 0 Å². The number of nitrogens with one attached hydrogen (secondary N) is 1. The summed E-state index contributed by atoms with van der Waals surface area (Å²) in [6.45, 7) is 2.27. The van der Waals surface area contributed by atoms with E-state index in [-0.39, 0.29) is 23.7 Å². The van der Waals surface area contributed by atoms with Crippen molar-refractivity contribution in [1.29, 1.82) is 0 Å². The molecule has 1 heterocycles. The van der Waals surface area contributed by atoms with Crippen molar-refractivity contribution in [1.82, 2.24) is 20.4 Å². The van der Waals surface area contributed by atoms with Crippen LogP contribution in [0.1, 0.15) is 40.3 Å². The molecule has 0 aliphatic carbocycles. The fraction of sp³-hybridized carbons (Fsp3) is 0.188. The summed E-state index contributed by atoms with van der Waals surface area (Å²) in [7, 11) is 1.74. The molecule has 1 aromatic heterocycles. The van der Waals surface area contributed by atoms with Gasteiger partial charge in [0.2, 0.25) is 5.91 Å². The van der Waals surface area contributed by atoms with Gasteiger partial charge in [0.1, 0.15) is 0 Å². The van der Waals surface area contributed by atoms with Crippen LogP contribution in [0.5, 0.6) is 0 Å². The first kappa shape index (κ1) is 26.8. The summed E-state index contributed by atoms with van der Waals surface area (Å²) < 4.78 is 5.47. The Hall–Kier alpha value is -4.82. The maximum Gasteiger partial charge on any atom is 0.292 e. The third-order valence-corrected chi connectivity index (χ3v) is 7.08. The molecule has 0 bridgehead atoms. The van der Waals surface area contributed by atoms with Crippen LogP contribution < -0.4 is 11.1 Å². The number of carbonyl (C=O) groups excluding carboxylic acids is 2. The third-order valence-electron chi connectivity index (χ3n) is 7.08. The van der Waals surface area contributed by atoms with E-state index in [4.69, 9.17) is 10.3 Å². The lowest BCUT2D eigenvalue weighted by molar-refractivity contribution is -0.133. The highest BCUT2D eigenvalue weighted by molar-refractivity contribution is 5.90. The molecule has 5 rings (SSSR count). The maximum absolute atomic E-state index is 13.4. The number of carbonyl (C=O) groups is 2. The lowest BCUT2D eigenvalue weighted by Crippen LogP contribution is -2.44. The van der Waals surface area contributed by atoms with Crippen molar-refractivity contribution in [3.8, 4) is 11.5 Å². The van der Waals surface area contributed by atoms with Gasteiger partial charge < -0.3 is 20.5 Å². The summed E-state index contributed by atoms with van der Waals surface area (Å²) in [5.74, 6) is -0.470. The molecule has 0 saturated carbocycles. The number of amides is 2. The molecule has 0 saturated heterocycles. The van der Waals surface area contributed by atoms with E-state index >= 15 is 0 Å². The van der Waals surface area contributed by atoms with Crippen LogP contribution in [0.2, 0.25) is 0 Å². The molecule has 202 valence electrons. The van der Waals surface area contributed by atoms with Crippen molar-refractivity contribution >= 4 is 22.6 Å². The Morgan fingerprint density at radius 2 is 1.60 bits per heavy atom. The van der Waals surface area contributed by atoms with Crippen LogP contribution in [0.25, 0.3) is 22.2 Å². The highest BCUT2D eigenvalue weighted by atomic mass is 16.5. The fourth-order valence-corrected chi connectivity index (χ4v) is 4.71. The van der Waals surface area contributed by atoms with Gasteiger partial charge in [-0.25, -0.2) is 0 Å². The normalized spacial score (nSPS) is 12.6. The molecule has 0 aliphatic rings. The van der Waals surface area contributed by atoms with Gasteiger partial charge in [0.15, 0.2) is 0 Å². The zero-order valence-corrected chi connectivity index (χ0v) is 22.5. The highest BCUT2D eigenvalue weighted by Gasteiger charge is 2.26. The molecule has 2 atom stereocenters. The number of likely N-dealkylation sites (N-methyl/N-ethyl adjacent to an activating group) is 1. The largest absolute Gasteiger partial charge is 0.345 e. The first-order valence-corrected chi connectivity index (χ1v) is 13.2. The van der Waals surface area contributed by atoms with Crippen LogP contribution >= 0.6 is 0 Å². The summed E-state index contributed by atoms with van der Waals surface area (Å²) >= 11 is 0. The van der Waals surface area contributed by atoms with Crippen LogP contribution in [0.4, 0.5) is 0 Å². The molecule has 40 heavy (non-hydrogen) atoms. The summed E-state index contributed by atoms with van der Waals surface area (Å²) in [4.78, 5) is 31.9. The topological polar surface area (TPSA) is 114 Å². The monoisotopic (exact) mass is 533 g/mol. The summed E-state index contributed by atoms with van der Waals surface area (Å²) in [6, 6.07) is 30.2. The molecule has 4 aromatic carbocycles. The highest BCUT2D eigenvalue weighted by Crippen LogP contribution is 2.30. The molecule has 8 heteroatoms. The average molecular weight is 534 g/mol. The minimum atomic E-state index is -0.705. The van der Waals surface area contributed by atoms with E-state index in [1.54, 1.807) is 11.9 Å². The van der Waals surface area contributed by atoms with Crippen molar-refractivity contribution < 1.29 is 14.1 Å². The Bertz CT molecular complexity index is 1630. The second-order valence-corrected chi connectivity index (χ2v) is 9.80. The Labute approximate surface area is 232 Å². The first-order valence-electron chi connectivity index (χ1n) is 13.2. The fourth-order valence-electron chi connectivity index (χ4n) is 4.71. The first-order chi connectivity index (χ1) is 19.4. The Morgan fingerprint density at radius 3 is 2.40 bits per heavy atom. The number of rotatable bonds is 9. The van der Waals surface area contributed by atoms with E-state index in [1.807, 2.05) is 91.9 Å². The molecule has 8 nitrogen and oxygen atoms in total. The van der Waals surface area contributed by atoms with Gasteiger partial charge in [-0.1, -0.05) is 96.2 Å². The average Bonchev–Trinajstić information content (AvgIpc) is 3.49. The second kappa shape index (κ2) is 11.9. The van der Waals surface area contributed by atoms with E-state index in [1.165, 1.54) is 0 Å². The van der Waals surface area contributed by atoms with Gasteiger partial charge in [-0.2, -0.15) is 4.98 Å². The lowest BCUT2D eigenvalue weighted by Gasteiger charge is -2.29.